The first-order chi connectivity index (χ1) is 10.0. The Morgan fingerprint density at radius 2 is 1.86 bits per heavy atom. The summed E-state index contributed by atoms with van der Waals surface area (Å²) >= 11 is 5.88. The van der Waals surface area contributed by atoms with Crippen LogP contribution in [0, 0.1) is 0 Å². The molecule has 0 saturated carbocycles. The number of aryl methyl sites for hydroxylation is 1. The van der Waals surface area contributed by atoms with Gasteiger partial charge in [0.05, 0.1) is 5.57 Å². The van der Waals surface area contributed by atoms with Crippen molar-refractivity contribution in [2.75, 3.05) is 0 Å². The molecule has 108 valence electrons. The van der Waals surface area contributed by atoms with E-state index >= 15 is 0 Å². The van der Waals surface area contributed by atoms with Crippen LogP contribution in [0.1, 0.15) is 23.6 Å². The van der Waals surface area contributed by atoms with E-state index in [1.807, 2.05) is 19.1 Å². The van der Waals surface area contributed by atoms with Gasteiger partial charge in [0.2, 0.25) is 0 Å². The molecule has 0 heterocycles. The number of phenolic OH excluding ortho intramolecular Hbond substituents is 1. The Kier molecular flexibility index (Phi) is 4.66. The number of rotatable bonds is 4. The maximum atomic E-state index is 11.5. The summed E-state index contributed by atoms with van der Waals surface area (Å²) < 4.78 is 0. The van der Waals surface area contributed by atoms with E-state index in [4.69, 9.17) is 11.6 Å². The lowest BCUT2D eigenvalue weighted by Gasteiger charge is -2.06. The number of hydrogen-bond donors (Lipinski definition) is 2. The highest BCUT2D eigenvalue weighted by molar-refractivity contribution is 6.31. The predicted molar refractivity (Wildman–Crippen MR) is 84.4 cm³/mol. The summed E-state index contributed by atoms with van der Waals surface area (Å²) in [4.78, 5) is 11.5. The highest BCUT2D eigenvalue weighted by Gasteiger charge is 2.12. The van der Waals surface area contributed by atoms with Gasteiger partial charge in [-0.25, -0.2) is 4.79 Å². The van der Waals surface area contributed by atoms with Gasteiger partial charge in [-0.15, -0.1) is 0 Å². The summed E-state index contributed by atoms with van der Waals surface area (Å²) in [6, 6.07) is 11.8. The van der Waals surface area contributed by atoms with Gasteiger partial charge in [-0.2, -0.15) is 0 Å². The Balaban J connectivity index is 2.49. The van der Waals surface area contributed by atoms with E-state index in [-0.39, 0.29) is 11.3 Å². The second-order valence-corrected chi connectivity index (χ2v) is 5.05. The molecule has 2 aromatic rings. The molecule has 0 amide bonds. The fourth-order valence-corrected chi connectivity index (χ4v) is 2.17. The third kappa shape index (κ3) is 3.64. The number of benzene rings is 2. The zero-order chi connectivity index (χ0) is 15.4. The highest BCUT2D eigenvalue weighted by Crippen LogP contribution is 2.27. The van der Waals surface area contributed by atoms with Crippen LogP contribution in [0.25, 0.3) is 11.6 Å². The van der Waals surface area contributed by atoms with Crippen molar-refractivity contribution < 1.29 is 15.0 Å². The maximum absolute atomic E-state index is 11.5. The molecular weight excluding hydrogens is 288 g/mol. The van der Waals surface area contributed by atoms with Crippen LogP contribution in [0.15, 0.2) is 42.5 Å². The molecule has 4 heteroatoms. The average molecular weight is 303 g/mol. The van der Waals surface area contributed by atoms with Crippen LogP contribution in [0.4, 0.5) is 0 Å². The van der Waals surface area contributed by atoms with Crippen molar-refractivity contribution in [1.29, 1.82) is 0 Å². The molecule has 0 saturated heterocycles. The first kappa shape index (κ1) is 15.1. The summed E-state index contributed by atoms with van der Waals surface area (Å²) in [5.74, 6) is -1.07. The number of carboxylic acid groups (broad SMARTS) is 1. The Morgan fingerprint density at radius 1 is 1.19 bits per heavy atom. The number of carboxylic acids is 1. The first-order valence-electron chi connectivity index (χ1n) is 6.54. The molecule has 0 bridgehead atoms. The second kappa shape index (κ2) is 6.46. The van der Waals surface area contributed by atoms with Gasteiger partial charge in [-0.1, -0.05) is 42.8 Å². The van der Waals surface area contributed by atoms with Crippen LogP contribution in [0.5, 0.6) is 5.75 Å². The molecule has 3 nitrogen and oxygen atoms in total. The van der Waals surface area contributed by atoms with E-state index in [0.717, 1.165) is 12.0 Å². The normalized spacial score (nSPS) is 11.4. The maximum Gasteiger partial charge on any atom is 0.336 e. The van der Waals surface area contributed by atoms with Crippen molar-refractivity contribution in [2.45, 2.75) is 13.3 Å². The molecule has 0 aromatic heterocycles. The third-order valence-corrected chi connectivity index (χ3v) is 3.43. The molecule has 21 heavy (non-hydrogen) atoms. The van der Waals surface area contributed by atoms with Crippen molar-refractivity contribution in [1.82, 2.24) is 0 Å². The molecule has 0 unspecified atom stereocenters. The molecule has 0 spiro atoms. The Labute approximate surface area is 128 Å². The van der Waals surface area contributed by atoms with E-state index in [2.05, 4.69) is 0 Å². The van der Waals surface area contributed by atoms with Crippen LogP contribution < -0.4 is 0 Å². The Bertz CT molecular complexity index is 688. The fourth-order valence-electron chi connectivity index (χ4n) is 1.99. The van der Waals surface area contributed by atoms with Gasteiger partial charge < -0.3 is 10.2 Å². The molecule has 0 atom stereocenters. The van der Waals surface area contributed by atoms with Crippen molar-refractivity contribution >= 4 is 29.2 Å². The number of halogens is 1. The first-order valence-corrected chi connectivity index (χ1v) is 6.92. The van der Waals surface area contributed by atoms with Gasteiger partial charge in [-0.05, 0) is 41.8 Å². The number of aliphatic carboxylic acids is 1. The van der Waals surface area contributed by atoms with Gasteiger partial charge in [0.25, 0.3) is 0 Å². The fraction of sp³-hybridized carbons (Fsp3) is 0.118. The average Bonchev–Trinajstić information content (AvgIpc) is 2.48. The lowest BCUT2D eigenvalue weighted by atomic mass is 10.0. The molecule has 0 aliphatic carbocycles. The number of hydrogen-bond acceptors (Lipinski definition) is 2. The quantitative estimate of drug-likeness (QED) is 0.656. The van der Waals surface area contributed by atoms with E-state index in [9.17, 15) is 15.0 Å². The summed E-state index contributed by atoms with van der Waals surface area (Å²) in [5, 5.41) is 19.6. The number of aromatic hydroxyl groups is 1. The molecule has 2 N–H and O–H groups in total. The Hall–Kier alpha value is -2.26. The molecule has 0 aliphatic rings. The van der Waals surface area contributed by atoms with Crippen LogP contribution >= 0.6 is 11.6 Å². The van der Waals surface area contributed by atoms with Crippen molar-refractivity contribution in [3.05, 3.63) is 64.2 Å². The topological polar surface area (TPSA) is 57.5 Å². The van der Waals surface area contributed by atoms with Gasteiger partial charge in [0.15, 0.2) is 0 Å². The molecular formula is C17H15ClO3. The summed E-state index contributed by atoms with van der Waals surface area (Å²) in [6.45, 7) is 2.03. The zero-order valence-electron chi connectivity index (χ0n) is 11.5. The van der Waals surface area contributed by atoms with Crippen molar-refractivity contribution in [3.8, 4) is 5.75 Å². The SMILES string of the molecule is CCc1ccc(/C(=C/c2cc(Cl)ccc2O)C(=O)O)cc1. The minimum Gasteiger partial charge on any atom is -0.507 e. The van der Waals surface area contributed by atoms with E-state index < -0.39 is 5.97 Å². The van der Waals surface area contributed by atoms with Crippen LogP contribution in [0.3, 0.4) is 0 Å². The predicted octanol–water partition coefficient (Wildman–Crippen LogP) is 4.23. The molecule has 0 radical (unpaired) electrons. The molecule has 2 rings (SSSR count). The smallest absolute Gasteiger partial charge is 0.336 e. The monoisotopic (exact) mass is 302 g/mol. The van der Waals surface area contributed by atoms with Gasteiger partial charge >= 0.3 is 5.97 Å². The zero-order valence-corrected chi connectivity index (χ0v) is 12.3. The van der Waals surface area contributed by atoms with Crippen molar-refractivity contribution in [3.63, 3.8) is 0 Å². The van der Waals surface area contributed by atoms with E-state index in [1.165, 1.54) is 18.2 Å². The van der Waals surface area contributed by atoms with Gasteiger partial charge in [-0.3, -0.25) is 0 Å². The van der Waals surface area contributed by atoms with Gasteiger partial charge in [0.1, 0.15) is 5.75 Å². The second-order valence-electron chi connectivity index (χ2n) is 4.62. The molecule has 0 aliphatic heterocycles. The summed E-state index contributed by atoms with van der Waals surface area (Å²) in [6.07, 6.45) is 2.31. The standard InChI is InChI=1S/C17H15ClO3/c1-2-11-3-5-12(6-4-11)15(17(20)21)10-13-9-14(18)7-8-16(13)19/h3-10,19H,2H2,1H3,(H,20,21)/b15-10-. The molecule has 0 fully saturated rings. The largest absolute Gasteiger partial charge is 0.507 e. The summed E-state index contributed by atoms with van der Waals surface area (Å²) in [7, 11) is 0. The van der Waals surface area contributed by atoms with Crippen LogP contribution in [-0.2, 0) is 11.2 Å². The highest BCUT2D eigenvalue weighted by atomic mass is 35.5. The minimum absolute atomic E-state index is 0.0108. The van der Waals surface area contributed by atoms with Crippen LogP contribution in [-0.4, -0.2) is 16.2 Å². The van der Waals surface area contributed by atoms with E-state index in [0.29, 0.717) is 16.1 Å². The van der Waals surface area contributed by atoms with Crippen molar-refractivity contribution in [2.24, 2.45) is 0 Å². The van der Waals surface area contributed by atoms with Gasteiger partial charge in [0, 0.05) is 10.6 Å². The Morgan fingerprint density at radius 3 is 2.43 bits per heavy atom. The minimum atomic E-state index is -1.06. The third-order valence-electron chi connectivity index (χ3n) is 3.19. The number of carbonyl (C=O) groups is 1. The number of phenols is 1. The lowest BCUT2D eigenvalue weighted by Crippen LogP contribution is -2.00. The van der Waals surface area contributed by atoms with E-state index in [1.54, 1.807) is 18.2 Å². The summed E-state index contributed by atoms with van der Waals surface area (Å²) in [5.41, 5.74) is 2.20. The molecule has 2 aromatic carbocycles. The lowest BCUT2D eigenvalue weighted by molar-refractivity contribution is -0.130. The van der Waals surface area contributed by atoms with Crippen LogP contribution in [0.2, 0.25) is 5.02 Å².